The van der Waals surface area contributed by atoms with E-state index in [0.29, 0.717) is 19.5 Å². The molecular formula is C23H29F2N3O5. The molecule has 0 saturated carbocycles. The average Bonchev–Trinajstić information content (AvgIpc) is 3.16. The van der Waals surface area contributed by atoms with Crippen molar-refractivity contribution in [1.29, 1.82) is 0 Å². The van der Waals surface area contributed by atoms with Crippen LogP contribution < -0.4 is 15.6 Å². The summed E-state index contributed by atoms with van der Waals surface area (Å²) in [6.07, 6.45) is 1.11. The summed E-state index contributed by atoms with van der Waals surface area (Å²) in [7, 11) is 0. The van der Waals surface area contributed by atoms with Crippen LogP contribution in [-0.2, 0) is 11.3 Å². The molecule has 0 unspecified atom stereocenters. The second-order valence-corrected chi connectivity index (χ2v) is 9.31. The molecule has 180 valence electrons. The van der Waals surface area contributed by atoms with Gasteiger partial charge in [-0.05, 0) is 53.0 Å². The van der Waals surface area contributed by atoms with Crippen LogP contribution in [0.1, 0.15) is 51.4 Å². The summed E-state index contributed by atoms with van der Waals surface area (Å²) in [6, 6.07) is 0.619. The van der Waals surface area contributed by atoms with Crippen LogP contribution in [0, 0.1) is 17.6 Å². The molecule has 1 aromatic carbocycles. The molecule has 0 bridgehead atoms. The highest BCUT2D eigenvalue weighted by atomic mass is 19.1. The molecule has 1 aliphatic heterocycles. The van der Waals surface area contributed by atoms with Gasteiger partial charge in [-0.3, -0.25) is 4.79 Å². The summed E-state index contributed by atoms with van der Waals surface area (Å²) in [5, 5.41) is 11.7. The quantitative estimate of drug-likeness (QED) is 0.698. The number of halogens is 2. The standard InChI is InChI=1S/C23H29F2N3O5/c1-6-27-11-15(21(30)31)20(29)14-9-16(24)19(17(25)18(14)27)28-8-7-13(10-28)12(2)26-22(32)33-23(3,4)5/h9,11-13H,6-8,10H2,1-5H3,(H,26,32)(H,30,31)/t12-,13-/m1/s1. The summed E-state index contributed by atoms with van der Waals surface area (Å²) in [4.78, 5) is 37.5. The lowest BCUT2D eigenvalue weighted by Crippen LogP contribution is -2.42. The minimum Gasteiger partial charge on any atom is -0.477 e. The Morgan fingerprint density at radius 2 is 2.00 bits per heavy atom. The summed E-state index contributed by atoms with van der Waals surface area (Å²) < 4.78 is 37.2. The molecule has 0 spiro atoms. The van der Waals surface area contributed by atoms with E-state index in [9.17, 15) is 19.5 Å². The average molecular weight is 465 g/mol. The Hall–Kier alpha value is -3.17. The number of nitrogens with zero attached hydrogens (tertiary/aromatic N) is 2. The molecule has 1 aromatic heterocycles. The topological polar surface area (TPSA) is 101 Å². The van der Waals surface area contributed by atoms with Crippen LogP contribution in [0.2, 0.25) is 0 Å². The molecule has 0 aliphatic carbocycles. The number of carbonyl (C=O) groups excluding carboxylic acids is 1. The van der Waals surface area contributed by atoms with Crippen LogP contribution in [0.15, 0.2) is 17.1 Å². The van der Waals surface area contributed by atoms with E-state index in [1.54, 1.807) is 32.6 Å². The van der Waals surface area contributed by atoms with Gasteiger partial charge in [-0.25, -0.2) is 18.4 Å². The normalized spacial score (nSPS) is 17.3. The highest BCUT2D eigenvalue weighted by Gasteiger charge is 2.33. The zero-order valence-corrected chi connectivity index (χ0v) is 19.4. The predicted octanol–water partition coefficient (Wildman–Crippen LogP) is 3.74. The summed E-state index contributed by atoms with van der Waals surface area (Å²) >= 11 is 0. The number of rotatable bonds is 5. The Morgan fingerprint density at radius 1 is 1.33 bits per heavy atom. The van der Waals surface area contributed by atoms with Crippen molar-refractivity contribution in [2.75, 3.05) is 18.0 Å². The number of carbonyl (C=O) groups is 2. The van der Waals surface area contributed by atoms with Crippen LogP contribution in [0.4, 0.5) is 19.3 Å². The number of nitrogens with one attached hydrogen (secondary N) is 1. The van der Waals surface area contributed by atoms with Crippen molar-refractivity contribution in [2.24, 2.45) is 5.92 Å². The highest BCUT2D eigenvalue weighted by molar-refractivity contribution is 5.93. The van der Waals surface area contributed by atoms with E-state index in [1.807, 2.05) is 6.92 Å². The number of benzene rings is 1. The number of pyridine rings is 1. The van der Waals surface area contributed by atoms with E-state index in [1.165, 1.54) is 4.57 Å². The van der Waals surface area contributed by atoms with Gasteiger partial charge in [-0.2, -0.15) is 0 Å². The van der Waals surface area contributed by atoms with Crippen LogP contribution in [0.5, 0.6) is 0 Å². The maximum Gasteiger partial charge on any atom is 0.407 e. The summed E-state index contributed by atoms with van der Waals surface area (Å²) in [5.74, 6) is -3.37. The number of ether oxygens (including phenoxy) is 1. The van der Waals surface area contributed by atoms with E-state index < -0.39 is 40.3 Å². The Labute approximate surface area is 190 Å². The lowest BCUT2D eigenvalue weighted by Gasteiger charge is -2.26. The van der Waals surface area contributed by atoms with E-state index in [4.69, 9.17) is 4.74 Å². The van der Waals surface area contributed by atoms with Gasteiger partial charge in [0.05, 0.1) is 10.9 Å². The molecule has 2 N–H and O–H groups in total. The number of aromatic nitrogens is 1. The third-order valence-corrected chi connectivity index (χ3v) is 5.79. The van der Waals surface area contributed by atoms with Crippen molar-refractivity contribution >= 4 is 28.7 Å². The largest absolute Gasteiger partial charge is 0.477 e. The smallest absolute Gasteiger partial charge is 0.407 e. The zero-order valence-electron chi connectivity index (χ0n) is 19.4. The van der Waals surface area contributed by atoms with Gasteiger partial charge in [-0.15, -0.1) is 0 Å². The first kappa shape index (κ1) is 24.5. The number of amides is 1. The number of aromatic carboxylic acids is 1. The van der Waals surface area contributed by atoms with Crippen molar-refractivity contribution < 1.29 is 28.2 Å². The van der Waals surface area contributed by atoms with E-state index in [0.717, 1.165) is 12.3 Å². The van der Waals surface area contributed by atoms with Crippen LogP contribution in [-0.4, -0.2) is 46.5 Å². The Morgan fingerprint density at radius 3 is 2.58 bits per heavy atom. The number of anilines is 1. The maximum absolute atomic E-state index is 15.6. The summed E-state index contributed by atoms with van der Waals surface area (Å²) in [6.45, 7) is 9.60. The fourth-order valence-electron chi connectivity index (χ4n) is 4.18. The summed E-state index contributed by atoms with van der Waals surface area (Å²) in [5.41, 5.74) is -2.51. The van der Waals surface area contributed by atoms with Gasteiger partial charge in [0.1, 0.15) is 22.7 Å². The lowest BCUT2D eigenvalue weighted by atomic mass is 10.0. The highest BCUT2D eigenvalue weighted by Crippen LogP contribution is 2.34. The second kappa shape index (κ2) is 8.99. The van der Waals surface area contributed by atoms with Gasteiger partial charge in [0, 0.05) is 31.9 Å². The van der Waals surface area contributed by atoms with Crippen molar-refractivity contribution in [1.82, 2.24) is 9.88 Å². The molecule has 33 heavy (non-hydrogen) atoms. The Kier molecular flexibility index (Phi) is 6.67. The number of carboxylic acid groups (broad SMARTS) is 1. The number of hydrogen-bond acceptors (Lipinski definition) is 5. The monoisotopic (exact) mass is 465 g/mol. The molecule has 2 aromatic rings. The van der Waals surface area contributed by atoms with E-state index in [2.05, 4.69) is 5.32 Å². The molecule has 1 fully saturated rings. The predicted molar refractivity (Wildman–Crippen MR) is 120 cm³/mol. The molecule has 1 saturated heterocycles. The van der Waals surface area contributed by atoms with Gasteiger partial charge in [0.15, 0.2) is 5.82 Å². The van der Waals surface area contributed by atoms with Gasteiger partial charge < -0.3 is 24.6 Å². The third-order valence-electron chi connectivity index (χ3n) is 5.79. The Bertz CT molecular complexity index is 1160. The number of carboxylic acids is 1. The molecular weight excluding hydrogens is 436 g/mol. The molecule has 2 heterocycles. The van der Waals surface area contributed by atoms with Crippen molar-refractivity contribution in [3.63, 3.8) is 0 Å². The minimum absolute atomic E-state index is 0.0743. The number of alkyl carbamates (subject to hydrolysis) is 1. The third kappa shape index (κ3) is 4.94. The van der Waals surface area contributed by atoms with Crippen LogP contribution in [0.25, 0.3) is 10.9 Å². The SMILES string of the molecule is CCn1cc(C(=O)O)c(=O)c2cc(F)c(N3CC[C@@H]([C@@H](C)NC(=O)OC(C)(C)C)C3)c(F)c21. The van der Waals surface area contributed by atoms with E-state index >= 15 is 8.78 Å². The first-order valence-corrected chi connectivity index (χ1v) is 10.9. The number of aryl methyl sites for hydroxylation is 1. The van der Waals surface area contributed by atoms with Gasteiger partial charge >= 0.3 is 12.1 Å². The van der Waals surface area contributed by atoms with Gasteiger partial charge in [0.2, 0.25) is 5.43 Å². The van der Waals surface area contributed by atoms with Crippen molar-refractivity contribution in [3.05, 3.63) is 39.7 Å². The number of fused-ring (bicyclic) bond motifs is 1. The first-order valence-electron chi connectivity index (χ1n) is 10.9. The zero-order chi connectivity index (χ0) is 24.7. The fraction of sp³-hybridized carbons (Fsp3) is 0.522. The lowest BCUT2D eigenvalue weighted by molar-refractivity contribution is 0.0494. The minimum atomic E-state index is -1.46. The van der Waals surface area contributed by atoms with Gasteiger partial charge in [0.25, 0.3) is 0 Å². The van der Waals surface area contributed by atoms with Crippen molar-refractivity contribution in [3.8, 4) is 0 Å². The van der Waals surface area contributed by atoms with Crippen LogP contribution >= 0.6 is 0 Å². The maximum atomic E-state index is 15.6. The molecule has 1 aliphatic rings. The Balaban J connectivity index is 1.92. The second-order valence-electron chi connectivity index (χ2n) is 9.31. The van der Waals surface area contributed by atoms with Crippen molar-refractivity contribution in [2.45, 2.75) is 59.2 Å². The fourth-order valence-corrected chi connectivity index (χ4v) is 4.18. The molecule has 1 amide bonds. The molecule has 3 rings (SSSR count). The molecule has 8 nitrogen and oxygen atoms in total. The first-order chi connectivity index (χ1) is 15.3. The van der Waals surface area contributed by atoms with Crippen LogP contribution in [0.3, 0.4) is 0 Å². The molecule has 10 heteroatoms. The molecule has 2 atom stereocenters. The molecule has 0 radical (unpaired) electrons. The van der Waals surface area contributed by atoms with E-state index in [-0.39, 0.29) is 35.1 Å². The van der Waals surface area contributed by atoms with Gasteiger partial charge in [-0.1, -0.05) is 0 Å². The number of hydrogen-bond donors (Lipinski definition) is 2.